The van der Waals surface area contributed by atoms with Crippen LogP contribution in [0.5, 0.6) is 0 Å². The zero-order valence-electron chi connectivity index (χ0n) is 16.3. The van der Waals surface area contributed by atoms with Crippen molar-refractivity contribution in [3.05, 3.63) is 72.1 Å². The minimum absolute atomic E-state index is 0.0600. The average Bonchev–Trinajstić information content (AvgIpc) is 3.21. The quantitative estimate of drug-likeness (QED) is 0.470. The molecule has 0 spiro atoms. The van der Waals surface area contributed by atoms with E-state index in [1.165, 1.54) is 6.26 Å². The van der Waals surface area contributed by atoms with Crippen LogP contribution in [-0.2, 0) is 16.1 Å². The summed E-state index contributed by atoms with van der Waals surface area (Å²) in [7, 11) is 0. The molecular weight excluding hydrogens is 370 g/mol. The number of carbonyl (C=O) groups excluding carboxylic acids is 2. The first-order valence-electron chi connectivity index (χ1n) is 9.27. The highest BCUT2D eigenvalue weighted by molar-refractivity contribution is 5.95. The summed E-state index contributed by atoms with van der Waals surface area (Å²) in [5.74, 6) is -0.961. The number of rotatable bonds is 7. The Balaban J connectivity index is 1.67. The average molecular weight is 393 g/mol. The molecule has 0 aliphatic carbocycles. The van der Waals surface area contributed by atoms with Crippen LogP contribution in [0, 0.1) is 5.92 Å². The molecule has 0 fully saturated rings. The first-order chi connectivity index (χ1) is 14.0. The molecule has 29 heavy (non-hydrogen) atoms. The van der Waals surface area contributed by atoms with Crippen molar-refractivity contribution in [2.75, 3.05) is 5.73 Å². The van der Waals surface area contributed by atoms with Gasteiger partial charge in [0, 0.05) is 5.69 Å². The largest absolute Gasteiger partial charge is 0.459 e. The number of carbonyl (C=O) groups is 2. The van der Waals surface area contributed by atoms with Gasteiger partial charge in [0.05, 0.1) is 5.56 Å². The Morgan fingerprint density at radius 3 is 2.48 bits per heavy atom. The Bertz CT molecular complexity index is 982. The predicted octanol–water partition coefficient (Wildman–Crippen LogP) is 3.42. The van der Waals surface area contributed by atoms with Gasteiger partial charge in [-0.25, -0.2) is 9.78 Å². The Kier molecular flexibility index (Phi) is 6.29. The van der Waals surface area contributed by atoms with E-state index in [2.05, 4.69) is 10.3 Å². The maximum Gasteiger partial charge on any atom is 0.329 e. The second kappa shape index (κ2) is 9.05. The molecule has 1 unspecified atom stereocenters. The lowest BCUT2D eigenvalue weighted by Gasteiger charge is -2.20. The molecule has 0 aliphatic heterocycles. The molecule has 0 aliphatic rings. The topological polar surface area (TPSA) is 107 Å². The zero-order chi connectivity index (χ0) is 20.8. The van der Waals surface area contributed by atoms with Crippen LogP contribution in [0.2, 0.25) is 0 Å². The lowest BCUT2D eigenvalue weighted by atomic mass is 10.0. The molecule has 0 bridgehead atoms. The van der Waals surface area contributed by atoms with Crippen molar-refractivity contribution in [1.82, 2.24) is 10.3 Å². The zero-order valence-corrected chi connectivity index (χ0v) is 16.3. The standard InChI is InChI=1S/C22H23N3O4/c1-14(2)19(22(27)29-12-15-8-4-3-5-9-15)25-20(26)18-13-28-21(24-18)16-10-6-7-11-17(16)23/h3-11,13-14,19H,12,23H2,1-2H3,(H,25,26). The number of nitrogen functional groups attached to an aromatic ring is 1. The van der Waals surface area contributed by atoms with Crippen molar-refractivity contribution in [2.45, 2.75) is 26.5 Å². The molecule has 1 atom stereocenters. The number of aromatic nitrogens is 1. The molecule has 1 heterocycles. The minimum atomic E-state index is -0.812. The summed E-state index contributed by atoms with van der Waals surface area (Å²) >= 11 is 0. The monoisotopic (exact) mass is 393 g/mol. The van der Waals surface area contributed by atoms with Crippen LogP contribution in [0.15, 0.2) is 65.3 Å². The Morgan fingerprint density at radius 2 is 1.79 bits per heavy atom. The number of nitrogens with two attached hydrogens (primary N) is 1. The lowest BCUT2D eigenvalue weighted by Crippen LogP contribution is -2.45. The van der Waals surface area contributed by atoms with Gasteiger partial charge in [0.25, 0.3) is 5.91 Å². The van der Waals surface area contributed by atoms with E-state index >= 15 is 0 Å². The van der Waals surface area contributed by atoms with Crippen molar-refractivity contribution in [3.63, 3.8) is 0 Å². The summed E-state index contributed by atoms with van der Waals surface area (Å²) in [4.78, 5) is 29.3. The summed E-state index contributed by atoms with van der Waals surface area (Å²) in [5.41, 5.74) is 7.93. The summed E-state index contributed by atoms with van der Waals surface area (Å²) in [6.07, 6.45) is 1.24. The fourth-order valence-electron chi connectivity index (χ4n) is 2.72. The molecule has 1 amide bonds. The second-order valence-corrected chi connectivity index (χ2v) is 6.91. The summed E-state index contributed by atoms with van der Waals surface area (Å²) in [6.45, 7) is 3.79. The number of nitrogens with zero attached hydrogens (tertiary/aromatic N) is 1. The molecule has 0 radical (unpaired) electrons. The molecule has 7 nitrogen and oxygen atoms in total. The number of ether oxygens (including phenoxy) is 1. The lowest BCUT2D eigenvalue weighted by molar-refractivity contribution is -0.148. The van der Waals surface area contributed by atoms with Crippen LogP contribution in [0.3, 0.4) is 0 Å². The molecule has 7 heteroatoms. The normalized spacial score (nSPS) is 11.8. The van der Waals surface area contributed by atoms with E-state index in [1.807, 2.05) is 44.2 Å². The molecular formula is C22H23N3O4. The number of esters is 1. The molecule has 0 saturated carbocycles. The number of benzene rings is 2. The summed E-state index contributed by atoms with van der Waals surface area (Å²) in [5, 5.41) is 2.68. The molecule has 2 aromatic carbocycles. The number of oxazole rings is 1. The molecule has 0 saturated heterocycles. The fourth-order valence-corrected chi connectivity index (χ4v) is 2.72. The summed E-state index contributed by atoms with van der Waals surface area (Å²) in [6, 6.07) is 15.6. The molecule has 3 N–H and O–H groups in total. The van der Waals surface area contributed by atoms with Crippen molar-refractivity contribution in [2.24, 2.45) is 5.92 Å². The van der Waals surface area contributed by atoms with Crippen LogP contribution in [0.1, 0.15) is 29.9 Å². The Labute approximate surface area is 168 Å². The predicted molar refractivity (Wildman–Crippen MR) is 109 cm³/mol. The number of hydrogen-bond donors (Lipinski definition) is 2. The van der Waals surface area contributed by atoms with Crippen LogP contribution < -0.4 is 11.1 Å². The van der Waals surface area contributed by atoms with E-state index < -0.39 is 17.9 Å². The molecule has 150 valence electrons. The van der Waals surface area contributed by atoms with E-state index in [1.54, 1.807) is 24.3 Å². The molecule has 1 aromatic heterocycles. The van der Waals surface area contributed by atoms with E-state index in [-0.39, 0.29) is 24.1 Å². The third-order valence-corrected chi connectivity index (χ3v) is 4.36. The van der Waals surface area contributed by atoms with Gasteiger partial charge in [-0.2, -0.15) is 0 Å². The molecule has 3 rings (SSSR count). The van der Waals surface area contributed by atoms with Gasteiger partial charge in [-0.3, -0.25) is 4.79 Å². The van der Waals surface area contributed by atoms with Gasteiger partial charge < -0.3 is 20.2 Å². The Morgan fingerprint density at radius 1 is 1.10 bits per heavy atom. The number of anilines is 1. The van der Waals surface area contributed by atoms with Crippen molar-refractivity contribution in [1.29, 1.82) is 0 Å². The first kappa shape index (κ1) is 20.1. The Hall–Kier alpha value is -3.61. The van der Waals surface area contributed by atoms with Crippen LogP contribution >= 0.6 is 0 Å². The van der Waals surface area contributed by atoms with E-state index in [9.17, 15) is 9.59 Å². The highest BCUT2D eigenvalue weighted by Crippen LogP contribution is 2.24. The number of amides is 1. The van der Waals surface area contributed by atoms with Crippen LogP contribution in [0.25, 0.3) is 11.5 Å². The van der Waals surface area contributed by atoms with Gasteiger partial charge >= 0.3 is 5.97 Å². The van der Waals surface area contributed by atoms with Crippen LogP contribution in [0.4, 0.5) is 5.69 Å². The van der Waals surface area contributed by atoms with Gasteiger partial charge in [-0.1, -0.05) is 56.3 Å². The van der Waals surface area contributed by atoms with Gasteiger partial charge in [-0.15, -0.1) is 0 Å². The third-order valence-electron chi connectivity index (χ3n) is 4.36. The van der Waals surface area contributed by atoms with Crippen molar-refractivity contribution >= 4 is 17.6 Å². The van der Waals surface area contributed by atoms with E-state index in [4.69, 9.17) is 14.9 Å². The third kappa shape index (κ3) is 5.01. The van der Waals surface area contributed by atoms with Crippen molar-refractivity contribution in [3.8, 4) is 11.5 Å². The molecule has 3 aromatic rings. The fraction of sp³-hybridized carbons (Fsp3) is 0.227. The maximum atomic E-state index is 12.6. The van der Waals surface area contributed by atoms with Crippen LogP contribution in [-0.4, -0.2) is 22.9 Å². The number of hydrogen-bond acceptors (Lipinski definition) is 6. The van der Waals surface area contributed by atoms with Gasteiger partial charge in [0.1, 0.15) is 18.9 Å². The second-order valence-electron chi connectivity index (χ2n) is 6.91. The first-order valence-corrected chi connectivity index (χ1v) is 9.27. The SMILES string of the molecule is CC(C)C(NC(=O)c1coc(-c2ccccc2N)n1)C(=O)OCc1ccccc1. The minimum Gasteiger partial charge on any atom is -0.459 e. The maximum absolute atomic E-state index is 12.6. The van der Waals surface area contributed by atoms with Crippen molar-refractivity contribution < 1.29 is 18.7 Å². The van der Waals surface area contributed by atoms with E-state index in [0.29, 0.717) is 11.3 Å². The number of para-hydroxylation sites is 1. The van der Waals surface area contributed by atoms with E-state index in [0.717, 1.165) is 5.56 Å². The van der Waals surface area contributed by atoms with Gasteiger partial charge in [0.2, 0.25) is 5.89 Å². The van der Waals surface area contributed by atoms with Gasteiger partial charge in [0.15, 0.2) is 5.69 Å². The smallest absolute Gasteiger partial charge is 0.329 e. The summed E-state index contributed by atoms with van der Waals surface area (Å²) < 4.78 is 10.8. The number of nitrogens with one attached hydrogen (secondary N) is 1. The van der Waals surface area contributed by atoms with Gasteiger partial charge in [-0.05, 0) is 23.6 Å². The highest BCUT2D eigenvalue weighted by atomic mass is 16.5. The highest BCUT2D eigenvalue weighted by Gasteiger charge is 2.27.